The summed E-state index contributed by atoms with van der Waals surface area (Å²) in [7, 11) is 0. The van der Waals surface area contributed by atoms with Crippen LogP contribution in [0.1, 0.15) is 28.8 Å². The van der Waals surface area contributed by atoms with Gasteiger partial charge in [0.15, 0.2) is 0 Å². The zero-order chi connectivity index (χ0) is 13.0. The van der Waals surface area contributed by atoms with Crippen LogP contribution in [0.4, 0.5) is 5.69 Å². The van der Waals surface area contributed by atoms with Crippen LogP contribution in [0.25, 0.3) is 0 Å². The van der Waals surface area contributed by atoms with E-state index in [0.717, 1.165) is 23.4 Å². The summed E-state index contributed by atoms with van der Waals surface area (Å²) < 4.78 is 0. The Morgan fingerprint density at radius 3 is 3.00 bits per heavy atom. The minimum absolute atomic E-state index is 0.00331. The number of thioether (sulfide) groups is 1. The third-order valence-corrected chi connectivity index (χ3v) is 4.55. The van der Waals surface area contributed by atoms with Crippen LogP contribution in [-0.2, 0) is 0 Å². The number of nitrogens with one attached hydrogen (secondary N) is 2. The topological polar surface area (TPSA) is 67.1 Å². The van der Waals surface area contributed by atoms with E-state index in [4.69, 9.17) is 5.84 Å². The first-order chi connectivity index (χ1) is 8.70. The predicted octanol–water partition coefficient (Wildman–Crippen LogP) is 1.91. The number of aryl methyl sites for hydroxylation is 1. The minimum atomic E-state index is 0.00331. The smallest absolute Gasteiger partial charge is 0.251 e. The van der Waals surface area contributed by atoms with Crippen molar-refractivity contribution in [1.29, 1.82) is 0 Å². The number of hydrogen-bond acceptors (Lipinski definition) is 4. The van der Waals surface area contributed by atoms with Gasteiger partial charge in [0.1, 0.15) is 0 Å². The Kier molecular flexibility index (Phi) is 4.49. The Hall–Kier alpha value is -1.20. The molecule has 18 heavy (non-hydrogen) atoms. The summed E-state index contributed by atoms with van der Waals surface area (Å²) in [6, 6.07) is 5.49. The average molecular weight is 265 g/mol. The summed E-state index contributed by atoms with van der Waals surface area (Å²) in [5, 5.41) is 3.59. The van der Waals surface area contributed by atoms with Gasteiger partial charge < -0.3 is 10.7 Å². The standard InChI is InChI=1S/C13H19N3OS/c1-9-7-10(16-14)4-5-12(9)13(17)15-8-11-3-2-6-18-11/h4-5,7,11,16H,2-3,6,8,14H2,1H3,(H,15,17). The minimum Gasteiger partial charge on any atom is -0.351 e. The Balaban J connectivity index is 1.95. The van der Waals surface area contributed by atoms with Crippen molar-refractivity contribution in [2.24, 2.45) is 5.84 Å². The highest BCUT2D eigenvalue weighted by atomic mass is 32.2. The van der Waals surface area contributed by atoms with E-state index in [1.165, 1.54) is 18.6 Å². The molecule has 1 unspecified atom stereocenters. The Morgan fingerprint density at radius 2 is 2.39 bits per heavy atom. The van der Waals surface area contributed by atoms with Crippen molar-refractivity contribution in [3.8, 4) is 0 Å². The molecule has 0 aromatic heterocycles. The highest BCUT2D eigenvalue weighted by Gasteiger charge is 2.17. The highest BCUT2D eigenvalue weighted by Crippen LogP contribution is 2.25. The molecule has 1 saturated heterocycles. The molecule has 0 spiro atoms. The number of benzene rings is 1. The normalized spacial score (nSPS) is 18.7. The van der Waals surface area contributed by atoms with E-state index in [-0.39, 0.29) is 5.91 Å². The van der Waals surface area contributed by atoms with Crippen LogP contribution in [-0.4, -0.2) is 23.5 Å². The maximum Gasteiger partial charge on any atom is 0.251 e. The number of nitrogen functional groups attached to an aromatic ring is 1. The molecule has 0 bridgehead atoms. The molecule has 1 amide bonds. The monoisotopic (exact) mass is 265 g/mol. The molecule has 0 aliphatic carbocycles. The van der Waals surface area contributed by atoms with Gasteiger partial charge in [-0.1, -0.05) is 0 Å². The van der Waals surface area contributed by atoms with Gasteiger partial charge in [-0.05, 0) is 49.3 Å². The lowest BCUT2D eigenvalue weighted by atomic mass is 10.1. The van der Waals surface area contributed by atoms with E-state index in [1.807, 2.05) is 36.9 Å². The number of carbonyl (C=O) groups excluding carboxylic acids is 1. The van der Waals surface area contributed by atoms with Gasteiger partial charge in [0, 0.05) is 23.0 Å². The molecule has 1 fully saturated rings. The molecule has 1 aromatic carbocycles. The lowest BCUT2D eigenvalue weighted by molar-refractivity contribution is 0.0953. The van der Waals surface area contributed by atoms with E-state index in [2.05, 4.69) is 10.7 Å². The molecule has 4 nitrogen and oxygen atoms in total. The van der Waals surface area contributed by atoms with E-state index in [9.17, 15) is 4.79 Å². The molecular weight excluding hydrogens is 246 g/mol. The van der Waals surface area contributed by atoms with Crippen LogP contribution in [0.15, 0.2) is 18.2 Å². The number of hydrazine groups is 1. The van der Waals surface area contributed by atoms with E-state index < -0.39 is 0 Å². The van der Waals surface area contributed by atoms with Gasteiger partial charge in [0.05, 0.1) is 0 Å². The number of anilines is 1. The van der Waals surface area contributed by atoms with Crippen molar-refractivity contribution in [1.82, 2.24) is 5.32 Å². The van der Waals surface area contributed by atoms with Gasteiger partial charge >= 0.3 is 0 Å². The molecule has 0 saturated carbocycles. The number of carbonyl (C=O) groups is 1. The van der Waals surface area contributed by atoms with Gasteiger partial charge in [0.2, 0.25) is 0 Å². The Morgan fingerprint density at radius 1 is 1.56 bits per heavy atom. The number of hydrogen-bond donors (Lipinski definition) is 3. The lowest BCUT2D eigenvalue weighted by Gasteiger charge is -2.12. The van der Waals surface area contributed by atoms with Crippen LogP contribution < -0.4 is 16.6 Å². The summed E-state index contributed by atoms with van der Waals surface area (Å²) >= 11 is 1.95. The van der Waals surface area contributed by atoms with Crippen molar-refractivity contribution < 1.29 is 4.79 Å². The van der Waals surface area contributed by atoms with Gasteiger partial charge in [-0.2, -0.15) is 11.8 Å². The summed E-state index contributed by atoms with van der Waals surface area (Å²) in [5.74, 6) is 6.55. The van der Waals surface area contributed by atoms with Gasteiger partial charge in [-0.25, -0.2) is 0 Å². The number of amides is 1. The molecular formula is C13H19N3OS. The highest BCUT2D eigenvalue weighted by molar-refractivity contribution is 8.00. The molecule has 1 aromatic rings. The molecule has 0 radical (unpaired) electrons. The van der Waals surface area contributed by atoms with E-state index >= 15 is 0 Å². The van der Waals surface area contributed by atoms with Crippen LogP contribution in [0.3, 0.4) is 0 Å². The first-order valence-electron chi connectivity index (χ1n) is 6.18. The summed E-state index contributed by atoms with van der Waals surface area (Å²) in [5.41, 5.74) is 5.04. The van der Waals surface area contributed by atoms with Gasteiger partial charge in [0.25, 0.3) is 5.91 Å². The average Bonchev–Trinajstić information content (AvgIpc) is 2.88. The zero-order valence-corrected chi connectivity index (χ0v) is 11.3. The van der Waals surface area contributed by atoms with Crippen LogP contribution in [0.2, 0.25) is 0 Å². The fourth-order valence-corrected chi connectivity index (χ4v) is 3.32. The molecule has 5 heteroatoms. The quantitative estimate of drug-likeness (QED) is 0.574. The first-order valence-corrected chi connectivity index (χ1v) is 7.22. The molecule has 2 rings (SSSR count). The molecule has 1 aliphatic rings. The summed E-state index contributed by atoms with van der Waals surface area (Å²) in [6.07, 6.45) is 2.47. The summed E-state index contributed by atoms with van der Waals surface area (Å²) in [4.78, 5) is 12.0. The number of rotatable bonds is 4. The van der Waals surface area contributed by atoms with Crippen LogP contribution in [0.5, 0.6) is 0 Å². The number of nitrogens with two attached hydrogens (primary N) is 1. The van der Waals surface area contributed by atoms with Crippen LogP contribution >= 0.6 is 11.8 Å². The largest absolute Gasteiger partial charge is 0.351 e. The van der Waals surface area contributed by atoms with Crippen molar-refractivity contribution in [3.05, 3.63) is 29.3 Å². The van der Waals surface area contributed by atoms with Gasteiger partial charge in [-0.15, -0.1) is 0 Å². The second kappa shape index (κ2) is 6.11. The van der Waals surface area contributed by atoms with E-state index in [0.29, 0.717) is 5.25 Å². The summed E-state index contributed by atoms with van der Waals surface area (Å²) in [6.45, 7) is 2.68. The molecule has 98 valence electrons. The van der Waals surface area contributed by atoms with Crippen molar-refractivity contribution >= 4 is 23.4 Å². The predicted molar refractivity (Wildman–Crippen MR) is 76.8 cm³/mol. The second-order valence-corrected chi connectivity index (χ2v) is 5.93. The maximum atomic E-state index is 12.0. The SMILES string of the molecule is Cc1cc(NN)ccc1C(=O)NCC1CCCS1. The molecule has 1 atom stereocenters. The second-order valence-electron chi connectivity index (χ2n) is 4.52. The first kappa shape index (κ1) is 13.2. The van der Waals surface area contributed by atoms with Gasteiger partial charge in [-0.3, -0.25) is 10.6 Å². The maximum absolute atomic E-state index is 12.0. The Bertz CT molecular complexity index is 430. The molecule has 4 N–H and O–H groups in total. The lowest BCUT2D eigenvalue weighted by Crippen LogP contribution is -2.30. The van der Waals surface area contributed by atoms with Crippen molar-refractivity contribution in [3.63, 3.8) is 0 Å². The van der Waals surface area contributed by atoms with E-state index in [1.54, 1.807) is 0 Å². The van der Waals surface area contributed by atoms with Crippen LogP contribution in [0, 0.1) is 6.92 Å². The fraction of sp³-hybridized carbons (Fsp3) is 0.462. The van der Waals surface area contributed by atoms with Crippen molar-refractivity contribution in [2.75, 3.05) is 17.7 Å². The third kappa shape index (κ3) is 3.17. The fourth-order valence-electron chi connectivity index (χ4n) is 2.12. The molecule has 1 aliphatic heterocycles. The molecule has 1 heterocycles. The zero-order valence-electron chi connectivity index (χ0n) is 10.5. The Labute approximate surface area is 112 Å². The third-order valence-electron chi connectivity index (χ3n) is 3.15. The van der Waals surface area contributed by atoms with Crippen molar-refractivity contribution in [2.45, 2.75) is 25.0 Å².